The highest BCUT2D eigenvalue weighted by Crippen LogP contribution is 2.30. The number of hydrogen-bond donors (Lipinski definition) is 0. The topological polar surface area (TPSA) is 63.7 Å². The number of methoxy groups -OCH3 is 1. The van der Waals surface area contributed by atoms with Crippen LogP contribution in [0.3, 0.4) is 0 Å². The third-order valence-electron chi connectivity index (χ3n) is 4.10. The Morgan fingerprint density at radius 1 is 1.12 bits per heavy atom. The average Bonchev–Trinajstić information content (AvgIpc) is 3.17. The molecule has 3 rings (SSSR count). The van der Waals surface area contributed by atoms with Crippen molar-refractivity contribution in [1.29, 1.82) is 0 Å². The summed E-state index contributed by atoms with van der Waals surface area (Å²) in [4.78, 5) is 40.3. The average molecular weight is 343 g/mol. The lowest BCUT2D eigenvalue weighted by Crippen LogP contribution is -2.36. The van der Waals surface area contributed by atoms with E-state index in [-0.39, 0.29) is 18.4 Å². The summed E-state index contributed by atoms with van der Waals surface area (Å²) in [6.45, 7) is 2.02. The van der Waals surface area contributed by atoms with E-state index < -0.39 is 11.9 Å². The van der Waals surface area contributed by atoms with Gasteiger partial charge in [-0.15, -0.1) is 11.3 Å². The van der Waals surface area contributed by atoms with E-state index in [1.165, 1.54) is 18.4 Å². The minimum absolute atomic E-state index is 0.0112. The first-order valence-corrected chi connectivity index (χ1v) is 8.50. The number of aryl methyl sites for hydroxylation is 1. The number of carbonyl (C=O) groups excluding carboxylic acids is 3. The number of rotatable bonds is 5. The van der Waals surface area contributed by atoms with Crippen LogP contribution in [0.5, 0.6) is 0 Å². The van der Waals surface area contributed by atoms with Crippen LogP contribution >= 0.6 is 11.3 Å². The van der Waals surface area contributed by atoms with Crippen LogP contribution in [0.25, 0.3) is 0 Å². The van der Waals surface area contributed by atoms with Crippen molar-refractivity contribution in [3.8, 4) is 0 Å². The molecule has 1 atom stereocenters. The first kappa shape index (κ1) is 16.4. The number of fused-ring (bicyclic) bond motifs is 1. The zero-order valence-electron chi connectivity index (χ0n) is 13.4. The van der Waals surface area contributed by atoms with Gasteiger partial charge in [0.05, 0.1) is 18.2 Å². The Morgan fingerprint density at radius 3 is 2.25 bits per heavy atom. The molecule has 24 heavy (non-hydrogen) atoms. The quantitative estimate of drug-likeness (QED) is 0.619. The molecule has 1 aromatic carbocycles. The SMILES string of the molecule is CCc1ccc(C(CN2C(=O)c3ccccc3C2=O)C(=O)OC)s1. The zero-order chi connectivity index (χ0) is 17.3. The lowest BCUT2D eigenvalue weighted by atomic mass is 10.1. The normalized spacial score (nSPS) is 14.7. The second kappa shape index (κ2) is 6.57. The Morgan fingerprint density at radius 2 is 1.75 bits per heavy atom. The number of hydrogen-bond acceptors (Lipinski definition) is 5. The minimum Gasteiger partial charge on any atom is -0.468 e. The Balaban J connectivity index is 1.90. The van der Waals surface area contributed by atoms with Crippen LogP contribution in [0, 0.1) is 0 Å². The second-order valence-corrected chi connectivity index (χ2v) is 6.70. The lowest BCUT2D eigenvalue weighted by molar-refractivity contribution is -0.142. The van der Waals surface area contributed by atoms with E-state index in [2.05, 4.69) is 0 Å². The van der Waals surface area contributed by atoms with Gasteiger partial charge in [0.25, 0.3) is 11.8 Å². The third kappa shape index (κ3) is 2.73. The van der Waals surface area contributed by atoms with Gasteiger partial charge >= 0.3 is 5.97 Å². The summed E-state index contributed by atoms with van der Waals surface area (Å²) < 4.78 is 4.89. The van der Waals surface area contributed by atoms with E-state index in [0.717, 1.165) is 21.1 Å². The third-order valence-corrected chi connectivity index (χ3v) is 5.45. The van der Waals surface area contributed by atoms with Gasteiger partial charge in [0, 0.05) is 16.3 Å². The van der Waals surface area contributed by atoms with Crippen molar-refractivity contribution in [2.24, 2.45) is 0 Å². The molecule has 1 aliphatic rings. The Hall–Kier alpha value is -2.47. The fourth-order valence-electron chi connectivity index (χ4n) is 2.78. The molecule has 1 aliphatic heterocycles. The molecule has 1 aromatic heterocycles. The number of carbonyl (C=O) groups is 3. The fourth-order valence-corrected chi connectivity index (χ4v) is 3.81. The van der Waals surface area contributed by atoms with E-state index in [1.807, 2.05) is 19.1 Å². The van der Waals surface area contributed by atoms with Crippen LogP contribution in [0.4, 0.5) is 0 Å². The molecule has 0 bridgehead atoms. The summed E-state index contributed by atoms with van der Waals surface area (Å²) in [5.41, 5.74) is 0.762. The van der Waals surface area contributed by atoms with Gasteiger partial charge in [-0.2, -0.15) is 0 Å². The molecule has 2 heterocycles. The van der Waals surface area contributed by atoms with Crippen molar-refractivity contribution in [3.05, 3.63) is 57.3 Å². The van der Waals surface area contributed by atoms with Crippen molar-refractivity contribution >= 4 is 29.1 Å². The minimum atomic E-state index is -0.664. The number of amides is 2. The summed E-state index contributed by atoms with van der Waals surface area (Å²) in [7, 11) is 1.31. The van der Waals surface area contributed by atoms with E-state index in [1.54, 1.807) is 24.3 Å². The first-order chi connectivity index (χ1) is 11.6. The van der Waals surface area contributed by atoms with Gasteiger partial charge in [0.15, 0.2) is 0 Å². The van der Waals surface area contributed by atoms with Gasteiger partial charge in [-0.3, -0.25) is 19.3 Å². The number of esters is 1. The van der Waals surface area contributed by atoms with Crippen molar-refractivity contribution in [3.63, 3.8) is 0 Å². The number of imide groups is 1. The molecule has 5 nitrogen and oxygen atoms in total. The van der Waals surface area contributed by atoms with Gasteiger partial charge in [-0.1, -0.05) is 19.1 Å². The molecule has 124 valence electrons. The molecule has 1 unspecified atom stereocenters. The number of ether oxygens (including phenoxy) is 1. The van der Waals surface area contributed by atoms with Crippen LogP contribution in [-0.4, -0.2) is 36.3 Å². The molecule has 0 aliphatic carbocycles. The van der Waals surface area contributed by atoms with E-state index >= 15 is 0 Å². The molecule has 2 amide bonds. The fraction of sp³-hybridized carbons (Fsp3) is 0.278. The summed E-state index contributed by atoms with van der Waals surface area (Å²) in [5.74, 6) is -1.84. The van der Waals surface area contributed by atoms with Crippen molar-refractivity contribution in [2.45, 2.75) is 19.3 Å². The standard InChI is InChI=1S/C18H17NO4S/c1-3-11-8-9-15(24-11)14(18(22)23-2)10-19-16(20)12-6-4-5-7-13(12)17(19)21/h4-9,14H,3,10H2,1-2H3. The van der Waals surface area contributed by atoms with Crippen LogP contribution in [0.2, 0.25) is 0 Å². The maximum absolute atomic E-state index is 12.5. The molecule has 6 heteroatoms. The maximum atomic E-state index is 12.5. The van der Waals surface area contributed by atoms with E-state index in [9.17, 15) is 14.4 Å². The molecule has 0 fully saturated rings. The van der Waals surface area contributed by atoms with Gasteiger partial charge < -0.3 is 4.74 Å². The second-order valence-electron chi connectivity index (χ2n) is 5.50. The van der Waals surface area contributed by atoms with Crippen LogP contribution in [0.1, 0.15) is 43.3 Å². The molecule has 2 aromatic rings. The maximum Gasteiger partial charge on any atom is 0.315 e. The Labute approximate surface area is 143 Å². The number of benzene rings is 1. The monoisotopic (exact) mass is 343 g/mol. The highest BCUT2D eigenvalue weighted by atomic mass is 32.1. The van der Waals surface area contributed by atoms with E-state index in [0.29, 0.717) is 11.1 Å². The predicted molar refractivity (Wildman–Crippen MR) is 90.3 cm³/mol. The number of thiophene rings is 1. The van der Waals surface area contributed by atoms with Crippen molar-refractivity contribution in [2.75, 3.05) is 13.7 Å². The highest BCUT2D eigenvalue weighted by molar-refractivity contribution is 7.12. The van der Waals surface area contributed by atoms with Crippen LogP contribution in [-0.2, 0) is 16.0 Å². The van der Waals surface area contributed by atoms with Crippen LogP contribution in [0.15, 0.2) is 36.4 Å². The van der Waals surface area contributed by atoms with Crippen LogP contribution < -0.4 is 0 Å². The molecule has 0 saturated carbocycles. The smallest absolute Gasteiger partial charge is 0.315 e. The molecule has 0 N–H and O–H groups in total. The highest BCUT2D eigenvalue weighted by Gasteiger charge is 2.38. The zero-order valence-corrected chi connectivity index (χ0v) is 14.3. The summed E-state index contributed by atoms with van der Waals surface area (Å²) >= 11 is 1.50. The van der Waals surface area contributed by atoms with Crippen molar-refractivity contribution in [1.82, 2.24) is 4.90 Å². The molecule has 0 saturated heterocycles. The first-order valence-electron chi connectivity index (χ1n) is 7.68. The Bertz CT molecular complexity index is 776. The molecular formula is C18H17NO4S. The molecule has 0 radical (unpaired) electrons. The van der Waals surface area contributed by atoms with Crippen molar-refractivity contribution < 1.29 is 19.1 Å². The summed E-state index contributed by atoms with van der Waals surface area (Å²) in [5, 5.41) is 0. The van der Waals surface area contributed by atoms with Gasteiger partial charge in [-0.05, 0) is 30.7 Å². The van der Waals surface area contributed by atoms with E-state index in [4.69, 9.17) is 4.74 Å². The van der Waals surface area contributed by atoms with Gasteiger partial charge in [0.2, 0.25) is 0 Å². The Kier molecular flexibility index (Phi) is 4.49. The number of nitrogens with zero attached hydrogens (tertiary/aromatic N) is 1. The largest absolute Gasteiger partial charge is 0.468 e. The van der Waals surface area contributed by atoms with Gasteiger partial charge in [0.1, 0.15) is 5.92 Å². The summed E-state index contributed by atoms with van der Waals surface area (Å²) in [6.07, 6.45) is 0.867. The molecular weight excluding hydrogens is 326 g/mol. The lowest BCUT2D eigenvalue weighted by Gasteiger charge is -2.20. The molecule has 0 spiro atoms. The van der Waals surface area contributed by atoms with Gasteiger partial charge in [-0.25, -0.2) is 0 Å². The predicted octanol–water partition coefficient (Wildman–Crippen LogP) is 2.86. The summed E-state index contributed by atoms with van der Waals surface area (Å²) in [6, 6.07) is 10.5.